The molecule has 76 valence electrons. The standard InChI is InChI=1S/C9H16BN3S/c1-3-5-6(4-2)11-9(10)8-7(5)12-14-13-8/h5-8,12-13H,3-4H2,1-2H3/t5-,6?,7?,8?/m1/s1. The minimum Gasteiger partial charge on any atom is -0.300 e. The van der Waals surface area contributed by atoms with Crippen LogP contribution in [0.2, 0.25) is 0 Å². The molecular weight excluding hydrogens is 193 g/mol. The highest BCUT2D eigenvalue weighted by Gasteiger charge is 2.41. The normalized spacial score (nSPS) is 42.0. The Hall–Kier alpha value is 0.00494. The van der Waals surface area contributed by atoms with Crippen LogP contribution in [0.25, 0.3) is 0 Å². The maximum Gasteiger partial charge on any atom is 0.137 e. The van der Waals surface area contributed by atoms with Gasteiger partial charge in [-0.3, -0.25) is 0 Å². The van der Waals surface area contributed by atoms with Gasteiger partial charge in [0, 0.05) is 18.2 Å². The van der Waals surface area contributed by atoms with Gasteiger partial charge in [0.2, 0.25) is 0 Å². The van der Waals surface area contributed by atoms with Crippen molar-refractivity contribution < 1.29 is 0 Å². The molecule has 2 radical (unpaired) electrons. The molecule has 0 aromatic rings. The summed E-state index contributed by atoms with van der Waals surface area (Å²) >= 11 is 1.55. The summed E-state index contributed by atoms with van der Waals surface area (Å²) < 4.78 is 6.67. The van der Waals surface area contributed by atoms with E-state index in [2.05, 4.69) is 28.3 Å². The van der Waals surface area contributed by atoms with Crippen molar-refractivity contribution in [2.24, 2.45) is 10.9 Å². The lowest BCUT2D eigenvalue weighted by Gasteiger charge is -2.36. The molecule has 14 heavy (non-hydrogen) atoms. The zero-order valence-corrected chi connectivity index (χ0v) is 9.47. The van der Waals surface area contributed by atoms with Gasteiger partial charge in [-0.25, -0.2) is 9.44 Å². The van der Waals surface area contributed by atoms with Crippen LogP contribution in [0.1, 0.15) is 26.7 Å². The summed E-state index contributed by atoms with van der Waals surface area (Å²) in [6, 6.07) is 1.08. The fourth-order valence-electron chi connectivity index (χ4n) is 2.41. The van der Waals surface area contributed by atoms with Crippen LogP contribution in [0, 0.1) is 5.92 Å². The van der Waals surface area contributed by atoms with Crippen molar-refractivity contribution in [3.8, 4) is 0 Å². The van der Waals surface area contributed by atoms with Gasteiger partial charge in [-0.1, -0.05) is 13.8 Å². The number of rotatable bonds is 2. The lowest BCUT2D eigenvalue weighted by Crippen LogP contribution is -2.52. The first kappa shape index (κ1) is 10.5. The predicted octanol–water partition coefficient (Wildman–Crippen LogP) is 0.865. The van der Waals surface area contributed by atoms with E-state index in [1.807, 2.05) is 0 Å². The molecule has 0 amide bonds. The SMILES string of the molecule is [B]C1=NC(CC)[C@@H](CC)C2NSNC12. The second-order valence-electron chi connectivity index (χ2n) is 3.94. The van der Waals surface area contributed by atoms with Gasteiger partial charge in [0.05, 0.1) is 12.1 Å². The van der Waals surface area contributed by atoms with E-state index in [9.17, 15) is 0 Å². The molecule has 0 bridgehead atoms. The van der Waals surface area contributed by atoms with Crippen molar-refractivity contribution in [2.45, 2.75) is 44.8 Å². The third kappa shape index (κ3) is 1.61. The second kappa shape index (κ2) is 4.25. The summed E-state index contributed by atoms with van der Waals surface area (Å²) in [5.74, 6) is 0.611. The molecular formula is C9H16BN3S. The lowest BCUT2D eigenvalue weighted by atomic mass is 9.76. The number of aliphatic imine (C=N–C) groups is 1. The summed E-state index contributed by atoms with van der Waals surface area (Å²) in [5, 5.41) is 0. The molecule has 0 saturated carbocycles. The minimum atomic E-state index is 0.229. The molecule has 1 fully saturated rings. The highest BCUT2D eigenvalue weighted by Crippen LogP contribution is 2.30. The van der Waals surface area contributed by atoms with Crippen molar-refractivity contribution >= 4 is 25.6 Å². The van der Waals surface area contributed by atoms with Gasteiger partial charge >= 0.3 is 0 Å². The first-order chi connectivity index (χ1) is 6.77. The Morgan fingerprint density at radius 3 is 2.79 bits per heavy atom. The predicted molar refractivity (Wildman–Crippen MR) is 62.5 cm³/mol. The second-order valence-corrected chi connectivity index (χ2v) is 4.62. The van der Waals surface area contributed by atoms with Gasteiger partial charge in [-0.2, -0.15) is 0 Å². The highest BCUT2D eigenvalue weighted by molar-refractivity contribution is 7.95. The van der Waals surface area contributed by atoms with E-state index < -0.39 is 0 Å². The topological polar surface area (TPSA) is 36.4 Å². The number of fused-ring (bicyclic) bond motifs is 1. The molecule has 0 spiro atoms. The number of hydrogen-bond acceptors (Lipinski definition) is 4. The van der Waals surface area contributed by atoms with Crippen LogP contribution in [0.3, 0.4) is 0 Å². The summed E-state index contributed by atoms with van der Waals surface area (Å²) in [7, 11) is 5.94. The zero-order valence-electron chi connectivity index (χ0n) is 8.66. The molecule has 3 unspecified atom stereocenters. The van der Waals surface area contributed by atoms with E-state index >= 15 is 0 Å². The van der Waals surface area contributed by atoms with Crippen molar-refractivity contribution in [2.75, 3.05) is 0 Å². The van der Waals surface area contributed by atoms with E-state index in [0.29, 0.717) is 18.0 Å². The maximum atomic E-state index is 5.94. The molecule has 2 aliphatic rings. The van der Waals surface area contributed by atoms with Crippen molar-refractivity contribution in [3.05, 3.63) is 0 Å². The summed E-state index contributed by atoms with van der Waals surface area (Å²) in [4.78, 5) is 4.57. The first-order valence-electron chi connectivity index (χ1n) is 5.28. The number of hydrogen-bond donors (Lipinski definition) is 2. The smallest absolute Gasteiger partial charge is 0.137 e. The van der Waals surface area contributed by atoms with Gasteiger partial charge in [-0.15, -0.1) is 0 Å². The molecule has 0 aromatic carbocycles. The Morgan fingerprint density at radius 2 is 2.14 bits per heavy atom. The van der Waals surface area contributed by atoms with Gasteiger partial charge in [0.25, 0.3) is 0 Å². The van der Waals surface area contributed by atoms with E-state index in [1.165, 1.54) is 0 Å². The van der Waals surface area contributed by atoms with Gasteiger partial charge in [-0.05, 0) is 24.4 Å². The van der Waals surface area contributed by atoms with Crippen molar-refractivity contribution in [3.63, 3.8) is 0 Å². The first-order valence-corrected chi connectivity index (χ1v) is 6.09. The molecule has 2 heterocycles. The minimum absolute atomic E-state index is 0.229. The summed E-state index contributed by atoms with van der Waals surface area (Å²) in [5.41, 5.74) is 0.768. The number of nitrogens with zero attached hydrogens (tertiary/aromatic N) is 1. The quantitative estimate of drug-likeness (QED) is 0.523. The van der Waals surface area contributed by atoms with Crippen LogP contribution in [0.4, 0.5) is 0 Å². The van der Waals surface area contributed by atoms with Crippen molar-refractivity contribution in [1.82, 2.24) is 9.44 Å². The molecule has 0 aliphatic carbocycles. The average molecular weight is 209 g/mol. The summed E-state index contributed by atoms with van der Waals surface area (Å²) in [6.07, 6.45) is 2.24. The maximum absolute atomic E-state index is 5.94. The molecule has 5 heteroatoms. The van der Waals surface area contributed by atoms with Crippen LogP contribution in [-0.2, 0) is 0 Å². The van der Waals surface area contributed by atoms with E-state index in [4.69, 9.17) is 7.85 Å². The Bertz CT molecular complexity index is 246. The van der Waals surface area contributed by atoms with E-state index in [0.717, 1.165) is 18.5 Å². The molecule has 2 aliphatic heterocycles. The monoisotopic (exact) mass is 209 g/mol. The number of nitrogens with one attached hydrogen (secondary N) is 2. The van der Waals surface area contributed by atoms with E-state index in [-0.39, 0.29) is 6.04 Å². The van der Waals surface area contributed by atoms with Gasteiger partial charge in [0.15, 0.2) is 0 Å². The average Bonchev–Trinajstić information content (AvgIpc) is 2.66. The molecule has 3 nitrogen and oxygen atoms in total. The molecule has 0 aromatic heterocycles. The largest absolute Gasteiger partial charge is 0.300 e. The zero-order chi connectivity index (χ0) is 10.1. The Kier molecular flexibility index (Phi) is 3.19. The Labute approximate surface area is 91.2 Å². The lowest BCUT2D eigenvalue weighted by molar-refractivity contribution is 0.300. The third-order valence-corrected chi connectivity index (χ3v) is 3.98. The molecule has 2 rings (SSSR count). The molecule has 1 saturated heterocycles. The fraction of sp³-hybridized carbons (Fsp3) is 0.889. The van der Waals surface area contributed by atoms with Crippen LogP contribution < -0.4 is 9.44 Å². The highest BCUT2D eigenvalue weighted by atomic mass is 32.2. The summed E-state index contributed by atoms with van der Waals surface area (Å²) in [6.45, 7) is 4.41. The Morgan fingerprint density at radius 1 is 1.36 bits per heavy atom. The molecule has 4 atom stereocenters. The third-order valence-electron chi connectivity index (χ3n) is 3.22. The van der Waals surface area contributed by atoms with Crippen LogP contribution in [0.5, 0.6) is 0 Å². The molecule has 2 N–H and O–H groups in total. The van der Waals surface area contributed by atoms with E-state index in [1.54, 1.807) is 12.1 Å². The van der Waals surface area contributed by atoms with Crippen molar-refractivity contribution in [1.29, 1.82) is 0 Å². The van der Waals surface area contributed by atoms with Crippen LogP contribution >= 0.6 is 12.1 Å². The Balaban J connectivity index is 2.23. The van der Waals surface area contributed by atoms with Gasteiger partial charge < -0.3 is 4.99 Å². The fourth-order valence-corrected chi connectivity index (χ4v) is 3.32. The van der Waals surface area contributed by atoms with Gasteiger partial charge in [0.1, 0.15) is 7.85 Å². The van der Waals surface area contributed by atoms with Crippen LogP contribution in [0.15, 0.2) is 4.99 Å². The van der Waals surface area contributed by atoms with Crippen LogP contribution in [-0.4, -0.2) is 31.6 Å².